The first-order chi connectivity index (χ1) is 9.63. The normalized spacial score (nSPS) is 9.00. The second-order valence-electron chi connectivity index (χ2n) is 3.88. The van der Waals surface area contributed by atoms with Crippen LogP contribution < -0.4 is 0 Å². The molecule has 0 radical (unpaired) electrons. The molecule has 1 amide bonds. The van der Waals surface area contributed by atoms with Crippen molar-refractivity contribution < 1.29 is 9.90 Å². The summed E-state index contributed by atoms with van der Waals surface area (Å²) in [4.78, 5) is 14.6. The monoisotopic (exact) mass is 287 g/mol. The Bertz CT molecular complexity index is 610. The van der Waals surface area contributed by atoms with Crippen molar-refractivity contribution in [3.05, 3.63) is 21.4 Å². The Balaban J connectivity index is 2.95. The standard InChI is InChI=1S/C14H13N3O2S/c1-11-10-13(20-12(11)4-2-3-9-18)14(19)17(7-5-15)8-6-16/h10,18H,3,7-9H2,1H3. The lowest BCUT2D eigenvalue weighted by Crippen LogP contribution is -2.31. The Hall–Kier alpha value is -2.33. The van der Waals surface area contributed by atoms with Gasteiger partial charge in [0, 0.05) is 6.42 Å². The molecule has 1 rings (SSSR count). The van der Waals surface area contributed by atoms with Gasteiger partial charge in [-0.25, -0.2) is 0 Å². The van der Waals surface area contributed by atoms with Crippen molar-refractivity contribution in [2.75, 3.05) is 19.7 Å². The number of carbonyl (C=O) groups is 1. The molecular formula is C14H13N3O2S. The van der Waals surface area contributed by atoms with Gasteiger partial charge >= 0.3 is 0 Å². The zero-order chi connectivity index (χ0) is 15.0. The number of aliphatic hydroxyl groups is 1. The number of rotatable bonds is 4. The van der Waals surface area contributed by atoms with E-state index in [1.54, 1.807) is 6.07 Å². The second-order valence-corrected chi connectivity index (χ2v) is 4.93. The highest BCUT2D eigenvalue weighted by molar-refractivity contribution is 7.14. The van der Waals surface area contributed by atoms with Crippen molar-refractivity contribution in [3.8, 4) is 24.0 Å². The predicted molar refractivity (Wildman–Crippen MR) is 74.8 cm³/mol. The van der Waals surface area contributed by atoms with E-state index in [0.717, 1.165) is 10.4 Å². The second kappa shape index (κ2) is 7.96. The Morgan fingerprint density at radius 1 is 1.40 bits per heavy atom. The minimum atomic E-state index is -0.337. The van der Waals surface area contributed by atoms with E-state index in [9.17, 15) is 4.79 Å². The molecule has 0 saturated carbocycles. The minimum Gasteiger partial charge on any atom is -0.395 e. The molecule has 102 valence electrons. The maximum atomic E-state index is 12.2. The summed E-state index contributed by atoms with van der Waals surface area (Å²) in [5.41, 5.74) is 0.873. The van der Waals surface area contributed by atoms with Crippen LogP contribution in [0, 0.1) is 41.4 Å². The van der Waals surface area contributed by atoms with Gasteiger partial charge in [0.2, 0.25) is 0 Å². The maximum absolute atomic E-state index is 12.2. The summed E-state index contributed by atoms with van der Waals surface area (Å²) in [6, 6.07) is 5.44. The molecule has 6 heteroatoms. The van der Waals surface area contributed by atoms with Crippen LogP contribution in [0.2, 0.25) is 0 Å². The summed E-state index contributed by atoms with van der Waals surface area (Å²) in [6.45, 7) is 1.61. The van der Waals surface area contributed by atoms with E-state index in [2.05, 4.69) is 11.8 Å². The number of aliphatic hydroxyl groups excluding tert-OH is 1. The molecule has 1 aromatic heterocycles. The quantitative estimate of drug-likeness (QED) is 0.667. The van der Waals surface area contributed by atoms with Gasteiger partial charge in [-0.1, -0.05) is 11.8 Å². The van der Waals surface area contributed by atoms with E-state index in [4.69, 9.17) is 15.6 Å². The highest BCUT2D eigenvalue weighted by atomic mass is 32.1. The van der Waals surface area contributed by atoms with E-state index < -0.39 is 0 Å². The molecule has 20 heavy (non-hydrogen) atoms. The van der Waals surface area contributed by atoms with Crippen LogP contribution >= 0.6 is 11.3 Å². The Kier molecular flexibility index (Phi) is 6.26. The first kappa shape index (κ1) is 15.7. The molecule has 0 aromatic carbocycles. The Morgan fingerprint density at radius 3 is 2.60 bits per heavy atom. The van der Waals surface area contributed by atoms with Gasteiger partial charge in [0.1, 0.15) is 13.1 Å². The van der Waals surface area contributed by atoms with Crippen molar-refractivity contribution >= 4 is 17.2 Å². The summed E-state index contributed by atoms with van der Waals surface area (Å²) >= 11 is 1.23. The minimum absolute atomic E-state index is 0.00132. The van der Waals surface area contributed by atoms with Crippen LogP contribution in [0.5, 0.6) is 0 Å². The number of nitriles is 2. The number of amides is 1. The van der Waals surface area contributed by atoms with Gasteiger partial charge in [-0.05, 0) is 18.6 Å². The van der Waals surface area contributed by atoms with E-state index in [1.165, 1.54) is 16.2 Å². The zero-order valence-electron chi connectivity index (χ0n) is 11.0. The molecule has 1 N–H and O–H groups in total. The van der Waals surface area contributed by atoms with Gasteiger partial charge in [-0.2, -0.15) is 10.5 Å². The van der Waals surface area contributed by atoms with Crippen molar-refractivity contribution in [2.24, 2.45) is 0 Å². The molecule has 0 unspecified atom stereocenters. The summed E-state index contributed by atoms with van der Waals surface area (Å²) in [6.07, 6.45) is 0.385. The average molecular weight is 287 g/mol. The van der Waals surface area contributed by atoms with Crippen LogP contribution in [0.15, 0.2) is 6.07 Å². The molecular weight excluding hydrogens is 274 g/mol. The highest BCUT2D eigenvalue weighted by Gasteiger charge is 2.18. The largest absolute Gasteiger partial charge is 0.395 e. The molecule has 0 atom stereocenters. The fraction of sp³-hybridized carbons (Fsp3) is 0.357. The molecule has 0 aliphatic heterocycles. The summed E-state index contributed by atoms with van der Waals surface area (Å²) < 4.78 is 0. The SMILES string of the molecule is Cc1cc(C(=O)N(CC#N)CC#N)sc1C#CCCO. The van der Waals surface area contributed by atoms with Crippen molar-refractivity contribution in [1.29, 1.82) is 10.5 Å². The van der Waals surface area contributed by atoms with Gasteiger partial charge in [-0.3, -0.25) is 4.79 Å². The molecule has 0 aliphatic rings. The molecule has 0 aliphatic carbocycles. The van der Waals surface area contributed by atoms with Gasteiger partial charge < -0.3 is 10.0 Å². The van der Waals surface area contributed by atoms with E-state index >= 15 is 0 Å². The van der Waals surface area contributed by atoms with Gasteiger partial charge in [0.15, 0.2) is 0 Å². The zero-order valence-corrected chi connectivity index (χ0v) is 11.8. The highest BCUT2D eigenvalue weighted by Crippen LogP contribution is 2.22. The number of nitrogens with zero attached hydrogens (tertiary/aromatic N) is 3. The lowest BCUT2D eigenvalue weighted by atomic mass is 10.2. The van der Waals surface area contributed by atoms with Crippen LogP contribution in [0.4, 0.5) is 0 Å². The number of hydrogen-bond donors (Lipinski definition) is 1. The Morgan fingerprint density at radius 2 is 2.05 bits per heavy atom. The summed E-state index contributed by atoms with van der Waals surface area (Å²) in [5, 5.41) is 26.0. The molecule has 0 fully saturated rings. The molecule has 0 saturated heterocycles. The van der Waals surface area contributed by atoms with Crippen LogP contribution in [0.1, 0.15) is 26.5 Å². The molecule has 0 spiro atoms. The summed E-state index contributed by atoms with van der Waals surface area (Å²) in [7, 11) is 0. The first-order valence-electron chi connectivity index (χ1n) is 5.87. The maximum Gasteiger partial charge on any atom is 0.265 e. The fourth-order valence-electron chi connectivity index (χ4n) is 1.44. The number of carbonyl (C=O) groups excluding carboxylic acids is 1. The van der Waals surface area contributed by atoms with E-state index in [1.807, 2.05) is 19.1 Å². The van der Waals surface area contributed by atoms with Crippen LogP contribution in [0.3, 0.4) is 0 Å². The van der Waals surface area contributed by atoms with E-state index in [0.29, 0.717) is 11.3 Å². The van der Waals surface area contributed by atoms with Gasteiger partial charge in [-0.15, -0.1) is 11.3 Å². The van der Waals surface area contributed by atoms with Gasteiger partial charge in [0.25, 0.3) is 5.91 Å². The Labute approximate surface area is 121 Å². The lowest BCUT2D eigenvalue weighted by molar-refractivity contribution is 0.0799. The third-order valence-electron chi connectivity index (χ3n) is 2.38. The number of hydrogen-bond acceptors (Lipinski definition) is 5. The molecule has 5 nitrogen and oxygen atoms in total. The number of thiophene rings is 1. The summed E-state index contributed by atoms with van der Waals surface area (Å²) in [5.74, 6) is 5.37. The molecule has 0 bridgehead atoms. The topological polar surface area (TPSA) is 88.1 Å². The lowest BCUT2D eigenvalue weighted by Gasteiger charge is -2.13. The third-order valence-corrected chi connectivity index (χ3v) is 3.52. The van der Waals surface area contributed by atoms with Crippen molar-refractivity contribution in [1.82, 2.24) is 4.90 Å². The van der Waals surface area contributed by atoms with E-state index in [-0.39, 0.29) is 25.6 Å². The van der Waals surface area contributed by atoms with Crippen molar-refractivity contribution in [3.63, 3.8) is 0 Å². The third kappa shape index (κ3) is 4.10. The number of aryl methyl sites for hydroxylation is 1. The van der Waals surface area contributed by atoms with Crippen molar-refractivity contribution in [2.45, 2.75) is 13.3 Å². The smallest absolute Gasteiger partial charge is 0.265 e. The molecule has 1 aromatic rings. The molecule has 1 heterocycles. The average Bonchev–Trinajstić information content (AvgIpc) is 2.80. The van der Waals surface area contributed by atoms with Crippen LogP contribution in [-0.4, -0.2) is 35.6 Å². The first-order valence-corrected chi connectivity index (χ1v) is 6.69. The predicted octanol–water partition coefficient (Wildman–Crippen LogP) is 1.28. The van der Waals surface area contributed by atoms with Crippen LogP contribution in [0.25, 0.3) is 0 Å². The van der Waals surface area contributed by atoms with Crippen LogP contribution in [-0.2, 0) is 0 Å². The van der Waals surface area contributed by atoms with Gasteiger partial charge in [0.05, 0.1) is 28.5 Å². The fourth-order valence-corrected chi connectivity index (χ4v) is 2.45.